The monoisotopic (exact) mass is 440 g/mol. The first-order chi connectivity index (χ1) is 15.2. The summed E-state index contributed by atoms with van der Waals surface area (Å²) < 4.78 is 9.39. The van der Waals surface area contributed by atoms with Gasteiger partial charge in [0.05, 0.1) is 19.6 Å². The SMILES string of the molecule is COC(=O)C(C(=O)OC)[C@H](C)[C@@H](NC(=O)C(C)(c1ccccc1)c1ccccc1)C(N)=O. The van der Waals surface area contributed by atoms with E-state index in [1.165, 1.54) is 6.92 Å². The van der Waals surface area contributed by atoms with Crippen molar-refractivity contribution in [2.75, 3.05) is 14.2 Å². The number of carbonyl (C=O) groups is 4. The van der Waals surface area contributed by atoms with Crippen molar-refractivity contribution in [1.82, 2.24) is 5.32 Å². The second-order valence-corrected chi connectivity index (χ2v) is 7.59. The maximum absolute atomic E-state index is 13.6. The van der Waals surface area contributed by atoms with E-state index in [0.717, 1.165) is 14.2 Å². The number of methoxy groups -OCH3 is 2. The highest BCUT2D eigenvalue weighted by atomic mass is 16.5. The van der Waals surface area contributed by atoms with E-state index in [0.29, 0.717) is 11.1 Å². The normalized spacial score (nSPS) is 13.0. The maximum atomic E-state index is 13.6. The third-order valence-electron chi connectivity index (χ3n) is 5.71. The molecule has 0 saturated carbocycles. The summed E-state index contributed by atoms with van der Waals surface area (Å²) in [5.41, 5.74) is 5.77. The van der Waals surface area contributed by atoms with Gasteiger partial charge in [0, 0.05) is 5.92 Å². The zero-order valence-electron chi connectivity index (χ0n) is 18.5. The Bertz CT molecular complexity index is 905. The van der Waals surface area contributed by atoms with E-state index in [9.17, 15) is 19.2 Å². The van der Waals surface area contributed by atoms with Crippen LogP contribution >= 0.6 is 0 Å². The highest BCUT2D eigenvalue weighted by molar-refractivity contribution is 5.98. The Balaban J connectivity index is 2.48. The number of carbonyl (C=O) groups excluding carboxylic acids is 4. The van der Waals surface area contributed by atoms with Gasteiger partial charge in [0.1, 0.15) is 6.04 Å². The minimum atomic E-state index is -1.44. The molecule has 0 aliphatic carbocycles. The van der Waals surface area contributed by atoms with Gasteiger partial charge in [0.15, 0.2) is 5.92 Å². The molecule has 0 bridgehead atoms. The minimum absolute atomic E-state index is 0.515. The summed E-state index contributed by atoms with van der Waals surface area (Å²) in [7, 11) is 2.23. The van der Waals surface area contributed by atoms with Gasteiger partial charge in [-0.1, -0.05) is 67.6 Å². The summed E-state index contributed by atoms with van der Waals surface area (Å²) in [5, 5.41) is 2.66. The summed E-state index contributed by atoms with van der Waals surface area (Å²) in [6.07, 6.45) is 0. The van der Waals surface area contributed by atoms with E-state index in [1.54, 1.807) is 31.2 Å². The van der Waals surface area contributed by atoms with Crippen LogP contribution in [0.15, 0.2) is 60.7 Å². The van der Waals surface area contributed by atoms with E-state index in [-0.39, 0.29) is 0 Å². The van der Waals surface area contributed by atoms with Crippen molar-refractivity contribution < 1.29 is 28.7 Å². The van der Waals surface area contributed by atoms with E-state index in [1.807, 2.05) is 36.4 Å². The Morgan fingerprint density at radius 2 is 1.25 bits per heavy atom. The van der Waals surface area contributed by atoms with Crippen LogP contribution in [-0.2, 0) is 34.1 Å². The van der Waals surface area contributed by atoms with Gasteiger partial charge in [0.2, 0.25) is 11.8 Å². The van der Waals surface area contributed by atoms with Crippen molar-refractivity contribution in [2.45, 2.75) is 25.3 Å². The fraction of sp³-hybridized carbons (Fsp3) is 0.333. The first kappa shape index (κ1) is 24.6. The number of ether oxygens (including phenoxy) is 2. The second-order valence-electron chi connectivity index (χ2n) is 7.59. The lowest BCUT2D eigenvalue weighted by atomic mass is 9.75. The number of nitrogens with one attached hydrogen (secondary N) is 1. The summed E-state index contributed by atoms with van der Waals surface area (Å²) >= 11 is 0. The van der Waals surface area contributed by atoms with Gasteiger partial charge in [0.25, 0.3) is 0 Å². The van der Waals surface area contributed by atoms with Gasteiger partial charge in [-0.2, -0.15) is 0 Å². The molecular formula is C24H28N2O6. The van der Waals surface area contributed by atoms with Crippen LogP contribution in [0.3, 0.4) is 0 Å². The lowest BCUT2D eigenvalue weighted by Crippen LogP contribution is -2.56. The van der Waals surface area contributed by atoms with Gasteiger partial charge in [-0.25, -0.2) is 0 Å². The first-order valence-corrected chi connectivity index (χ1v) is 10.1. The van der Waals surface area contributed by atoms with E-state index in [4.69, 9.17) is 15.2 Å². The minimum Gasteiger partial charge on any atom is -0.468 e. The van der Waals surface area contributed by atoms with Crippen LogP contribution in [0, 0.1) is 11.8 Å². The number of primary amides is 1. The molecule has 2 atom stereocenters. The highest BCUT2D eigenvalue weighted by Crippen LogP contribution is 2.33. The Hall–Kier alpha value is -3.68. The standard InChI is InChI=1S/C24H28N2O6/c1-15(18(21(28)31-3)22(29)32-4)19(20(25)27)26-23(30)24(2,16-11-7-5-8-12-16)17-13-9-6-10-14-17/h5-15,18-19H,1-4H3,(H2,25,27)(H,26,30)/t15-,19+/m0/s1. The molecule has 8 heteroatoms. The third kappa shape index (κ3) is 4.96. The lowest BCUT2D eigenvalue weighted by molar-refractivity contribution is -0.162. The van der Waals surface area contributed by atoms with Crippen molar-refractivity contribution in [3.05, 3.63) is 71.8 Å². The summed E-state index contributed by atoms with van der Waals surface area (Å²) in [6.45, 7) is 3.18. The van der Waals surface area contributed by atoms with Gasteiger partial charge in [-0.3, -0.25) is 19.2 Å². The average Bonchev–Trinajstić information content (AvgIpc) is 2.82. The molecule has 0 aliphatic heterocycles. The lowest BCUT2D eigenvalue weighted by Gasteiger charge is -2.33. The molecule has 0 radical (unpaired) electrons. The molecule has 2 aromatic carbocycles. The van der Waals surface area contributed by atoms with Gasteiger partial charge in [-0.15, -0.1) is 0 Å². The first-order valence-electron chi connectivity index (χ1n) is 10.1. The van der Waals surface area contributed by atoms with Gasteiger partial charge < -0.3 is 20.5 Å². The molecule has 8 nitrogen and oxygen atoms in total. The number of amides is 2. The van der Waals surface area contributed by atoms with Crippen molar-refractivity contribution >= 4 is 23.8 Å². The number of rotatable bonds is 9. The highest BCUT2D eigenvalue weighted by Gasteiger charge is 2.44. The maximum Gasteiger partial charge on any atom is 0.320 e. The van der Waals surface area contributed by atoms with E-state index in [2.05, 4.69) is 5.32 Å². The third-order valence-corrected chi connectivity index (χ3v) is 5.71. The summed E-state index contributed by atoms with van der Waals surface area (Å²) in [6, 6.07) is 16.8. The Kier molecular flexibility index (Phi) is 8.12. The van der Waals surface area contributed by atoms with E-state index >= 15 is 0 Å². The molecule has 0 heterocycles. The quantitative estimate of drug-likeness (QED) is 0.450. The predicted molar refractivity (Wildman–Crippen MR) is 117 cm³/mol. The summed E-state index contributed by atoms with van der Waals surface area (Å²) in [4.78, 5) is 50.4. The van der Waals surface area contributed by atoms with Crippen molar-refractivity contribution in [3.8, 4) is 0 Å². The van der Waals surface area contributed by atoms with Crippen molar-refractivity contribution in [3.63, 3.8) is 0 Å². The molecule has 3 N–H and O–H groups in total. The molecule has 0 saturated heterocycles. The number of benzene rings is 2. The van der Waals surface area contributed by atoms with Crippen LogP contribution in [0.4, 0.5) is 0 Å². The largest absolute Gasteiger partial charge is 0.468 e. The topological polar surface area (TPSA) is 125 Å². The van der Waals surface area contributed by atoms with Crippen molar-refractivity contribution in [2.24, 2.45) is 17.6 Å². The zero-order valence-corrected chi connectivity index (χ0v) is 18.5. The fourth-order valence-electron chi connectivity index (χ4n) is 3.69. The smallest absolute Gasteiger partial charge is 0.320 e. The van der Waals surface area contributed by atoms with Crippen LogP contribution in [-0.4, -0.2) is 44.0 Å². The molecular weight excluding hydrogens is 412 g/mol. The molecule has 0 aliphatic rings. The number of hydrogen-bond acceptors (Lipinski definition) is 6. The molecule has 2 amide bonds. The van der Waals surface area contributed by atoms with Crippen LogP contribution < -0.4 is 11.1 Å². The molecule has 170 valence electrons. The van der Waals surface area contributed by atoms with Crippen LogP contribution in [0.25, 0.3) is 0 Å². The summed E-state index contributed by atoms with van der Waals surface area (Å²) in [5.74, 6) is -5.65. The molecule has 2 aromatic rings. The zero-order chi connectivity index (χ0) is 23.9. The molecule has 0 fully saturated rings. The van der Waals surface area contributed by atoms with Gasteiger partial charge >= 0.3 is 11.9 Å². The fourth-order valence-corrected chi connectivity index (χ4v) is 3.69. The number of nitrogens with two attached hydrogens (primary N) is 1. The van der Waals surface area contributed by atoms with Gasteiger partial charge in [-0.05, 0) is 18.1 Å². The molecule has 2 rings (SSSR count). The molecule has 0 aromatic heterocycles. The average molecular weight is 440 g/mol. The van der Waals surface area contributed by atoms with Crippen LogP contribution in [0.2, 0.25) is 0 Å². The Labute approximate surface area is 187 Å². The Morgan fingerprint density at radius 3 is 1.59 bits per heavy atom. The van der Waals surface area contributed by atoms with Crippen LogP contribution in [0.5, 0.6) is 0 Å². The Morgan fingerprint density at radius 1 is 0.844 bits per heavy atom. The number of hydrogen-bond donors (Lipinski definition) is 2. The van der Waals surface area contributed by atoms with Crippen molar-refractivity contribution in [1.29, 1.82) is 0 Å². The molecule has 0 spiro atoms. The molecule has 0 unspecified atom stereocenters. The van der Waals surface area contributed by atoms with Crippen LogP contribution in [0.1, 0.15) is 25.0 Å². The van der Waals surface area contributed by atoms with E-state index < -0.39 is 47.0 Å². The number of esters is 2. The second kappa shape index (κ2) is 10.6. The molecule has 32 heavy (non-hydrogen) atoms. The predicted octanol–water partition coefficient (Wildman–Crippen LogP) is 1.56.